The molecule has 0 aliphatic heterocycles. The van der Waals surface area contributed by atoms with Crippen molar-refractivity contribution in [1.29, 1.82) is 0 Å². The van der Waals surface area contributed by atoms with E-state index >= 15 is 0 Å². The van der Waals surface area contributed by atoms with Crippen molar-refractivity contribution in [3.05, 3.63) is 88.4 Å². The Morgan fingerprint density at radius 1 is 1.14 bits per heavy atom. The normalized spacial score (nSPS) is 15.0. The van der Waals surface area contributed by atoms with Crippen LogP contribution in [-0.4, -0.2) is 15.1 Å². The fourth-order valence-corrected chi connectivity index (χ4v) is 4.74. The lowest BCUT2D eigenvalue weighted by molar-refractivity contribution is 0.0800. The SMILES string of the molecule is CCCc1c[nH]c2c(C(C)(C)O)cccc12.Cc1ccc(Nc2ccnc3c2CCC3F)cc1C. The first-order valence-corrected chi connectivity index (χ1v) is 12.5. The number of alkyl halides is 1. The second kappa shape index (κ2) is 10.2. The molecule has 0 fully saturated rings. The lowest BCUT2D eigenvalue weighted by atomic mass is 9.95. The second-order valence-corrected chi connectivity index (χ2v) is 10.0. The molecule has 2 aromatic carbocycles. The van der Waals surface area contributed by atoms with Gasteiger partial charge in [0.2, 0.25) is 0 Å². The molecule has 1 unspecified atom stereocenters. The summed E-state index contributed by atoms with van der Waals surface area (Å²) in [6, 6.07) is 14.3. The van der Waals surface area contributed by atoms with E-state index in [9.17, 15) is 9.50 Å². The van der Waals surface area contributed by atoms with Gasteiger partial charge < -0.3 is 15.4 Å². The van der Waals surface area contributed by atoms with Crippen LogP contribution in [0.4, 0.5) is 15.8 Å². The molecule has 4 nitrogen and oxygen atoms in total. The van der Waals surface area contributed by atoms with Gasteiger partial charge in [0.1, 0.15) is 6.17 Å². The summed E-state index contributed by atoms with van der Waals surface area (Å²) in [6.45, 7) is 10.0. The molecule has 0 saturated carbocycles. The van der Waals surface area contributed by atoms with Crippen molar-refractivity contribution < 1.29 is 9.50 Å². The number of anilines is 2. The number of hydrogen-bond acceptors (Lipinski definition) is 3. The van der Waals surface area contributed by atoms with Crippen LogP contribution in [0.15, 0.2) is 54.9 Å². The highest BCUT2D eigenvalue weighted by molar-refractivity contribution is 5.86. The van der Waals surface area contributed by atoms with Gasteiger partial charge in [0.15, 0.2) is 0 Å². The third-order valence-electron chi connectivity index (χ3n) is 6.80. The number of benzene rings is 2. The predicted octanol–water partition coefficient (Wildman–Crippen LogP) is 7.75. The fourth-order valence-electron chi connectivity index (χ4n) is 4.74. The van der Waals surface area contributed by atoms with Gasteiger partial charge in [0, 0.05) is 40.3 Å². The Kier molecular flexibility index (Phi) is 7.27. The van der Waals surface area contributed by atoms with Crippen LogP contribution in [0, 0.1) is 13.8 Å². The Morgan fingerprint density at radius 2 is 1.94 bits per heavy atom. The van der Waals surface area contributed by atoms with Gasteiger partial charge in [0.05, 0.1) is 16.8 Å². The number of fused-ring (bicyclic) bond motifs is 2. The Morgan fingerprint density at radius 3 is 2.66 bits per heavy atom. The molecule has 1 aliphatic rings. The van der Waals surface area contributed by atoms with E-state index in [2.05, 4.69) is 66.5 Å². The number of aromatic nitrogens is 2. The molecule has 0 saturated heterocycles. The van der Waals surface area contributed by atoms with Crippen LogP contribution in [-0.2, 0) is 18.4 Å². The molecule has 0 radical (unpaired) electrons. The number of nitrogens with one attached hydrogen (secondary N) is 2. The number of aromatic amines is 1. The molecule has 4 aromatic rings. The summed E-state index contributed by atoms with van der Waals surface area (Å²) >= 11 is 0. The molecule has 35 heavy (non-hydrogen) atoms. The maximum atomic E-state index is 13.7. The molecule has 3 N–H and O–H groups in total. The number of H-pyrrole nitrogens is 1. The van der Waals surface area contributed by atoms with Gasteiger partial charge in [0.25, 0.3) is 0 Å². The predicted molar refractivity (Wildman–Crippen MR) is 143 cm³/mol. The van der Waals surface area contributed by atoms with Gasteiger partial charge in [-0.2, -0.15) is 0 Å². The summed E-state index contributed by atoms with van der Waals surface area (Å²) < 4.78 is 13.7. The highest BCUT2D eigenvalue weighted by Gasteiger charge is 2.25. The monoisotopic (exact) mass is 473 g/mol. The van der Waals surface area contributed by atoms with Gasteiger partial charge in [-0.15, -0.1) is 0 Å². The lowest BCUT2D eigenvalue weighted by Crippen LogP contribution is -2.15. The number of aryl methyl sites for hydroxylation is 3. The minimum absolute atomic E-state index is 0.550. The van der Waals surface area contributed by atoms with Crippen molar-refractivity contribution >= 4 is 22.3 Å². The van der Waals surface area contributed by atoms with Crippen molar-refractivity contribution in [3.8, 4) is 0 Å². The third-order valence-corrected chi connectivity index (χ3v) is 6.80. The molecule has 0 spiro atoms. The summed E-state index contributed by atoms with van der Waals surface area (Å²) in [5.41, 5.74) is 8.74. The van der Waals surface area contributed by atoms with E-state index in [1.165, 1.54) is 22.1 Å². The van der Waals surface area contributed by atoms with E-state index in [1.54, 1.807) is 6.20 Å². The Bertz CT molecular complexity index is 1320. The molecule has 2 aromatic heterocycles. The zero-order chi connectivity index (χ0) is 25.2. The van der Waals surface area contributed by atoms with Gasteiger partial charge in [-0.25, -0.2) is 4.39 Å². The van der Waals surface area contributed by atoms with E-state index in [0.717, 1.165) is 47.3 Å². The molecule has 0 bridgehead atoms. The number of nitrogens with zero attached hydrogens (tertiary/aromatic N) is 1. The van der Waals surface area contributed by atoms with Crippen LogP contribution in [0.2, 0.25) is 0 Å². The largest absolute Gasteiger partial charge is 0.386 e. The molecular weight excluding hydrogens is 437 g/mol. The minimum atomic E-state index is -0.906. The van der Waals surface area contributed by atoms with Crippen molar-refractivity contribution in [3.63, 3.8) is 0 Å². The van der Waals surface area contributed by atoms with E-state index in [1.807, 2.05) is 32.0 Å². The third kappa shape index (κ3) is 5.40. The lowest BCUT2D eigenvalue weighted by Gasteiger charge is -2.18. The highest BCUT2D eigenvalue weighted by Crippen LogP contribution is 2.37. The van der Waals surface area contributed by atoms with Crippen molar-refractivity contribution in [2.24, 2.45) is 0 Å². The molecule has 2 heterocycles. The molecule has 0 amide bonds. The smallest absolute Gasteiger partial charge is 0.143 e. The summed E-state index contributed by atoms with van der Waals surface area (Å²) in [7, 11) is 0. The molecule has 184 valence electrons. The minimum Gasteiger partial charge on any atom is -0.386 e. The van der Waals surface area contributed by atoms with Crippen LogP contribution in [0.3, 0.4) is 0 Å². The number of aliphatic hydroxyl groups is 1. The van der Waals surface area contributed by atoms with Crippen LogP contribution < -0.4 is 5.32 Å². The zero-order valence-electron chi connectivity index (χ0n) is 21.4. The first-order valence-electron chi connectivity index (χ1n) is 12.5. The van der Waals surface area contributed by atoms with Gasteiger partial charge in [-0.05, 0) is 81.8 Å². The van der Waals surface area contributed by atoms with E-state index < -0.39 is 11.8 Å². The standard InChI is InChI=1S/C16H17FN2.C14H19NO/c1-10-3-4-12(9-11(10)2)19-15-7-8-18-16-13(15)5-6-14(16)17;1-4-6-10-9-15-13-11(10)7-5-8-12(13)14(2,3)16/h3-4,7-9,14H,5-6H2,1-2H3,(H,18,19);5,7-9,15-16H,4,6H2,1-3H3. The average Bonchev–Trinajstić information content (AvgIpc) is 3.41. The summed E-state index contributed by atoms with van der Waals surface area (Å²) in [4.78, 5) is 7.45. The molecule has 1 aliphatic carbocycles. The number of pyridine rings is 1. The Balaban J connectivity index is 0.000000168. The van der Waals surface area contributed by atoms with E-state index in [-0.39, 0.29) is 0 Å². The van der Waals surface area contributed by atoms with Crippen LogP contribution in [0.1, 0.15) is 73.3 Å². The maximum absolute atomic E-state index is 13.7. The quantitative estimate of drug-likeness (QED) is 0.278. The zero-order valence-corrected chi connectivity index (χ0v) is 21.4. The number of hydrogen-bond donors (Lipinski definition) is 3. The number of rotatable bonds is 5. The van der Waals surface area contributed by atoms with Crippen molar-refractivity contribution in [2.75, 3.05) is 5.32 Å². The molecule has 5 heteroatoms. The number of halogens is 1. The summed E-state index contributed by atoms with van der Waals surface area (Å²) in [5.74, 6) is 0. The second-order valence-electron chi connectivity index (χ2n) is 10.0. The molecular formula is C30H36FN3O. The van der Waals surface area contributed by atoms with Gasteiger partial charge in [-0.3, -0.25) is 4.98 Å². The first-order chi connectivity index (χ1) is 16.7. The first kappa shape index (κ1) is 24.9. The Labute approximate surface area is 207 Å². The van der Waals surface area contributed by atoms with Crippen LogP contribution in [0.25, 0.3) is 10.9 Å². The Hall–Kier alpha value is -3.18. The van der Waals surface area contributed by atoms with E-state index in [0.29, 0.717) is 12.1 Å². The highest BCUT2D eigenvalue weighted by atomic mass is 19.1. The number of para-hydroxylation sites is 1. The maximum Gasteiger partial charge on any atom is 0.143 e. The summed E-state index contributed by atoms with van der Waals surface area (Å²) in [5, 5.41) is 14.7. The van der Waals surface area contributed by atoms with Gasteiger partial charge >= 0.3 is 0 Å². The summed E-state index contributed by atoms with van der Waals surface area (Å²) in [6.07, 6.45) is 6.36. The molecule has 5 rings (SSSR count). The van der Waals surface area contributed by atoms with Crippen LogP contribution >= 0.6 is 0 Å². The average molecular weight is 474 g/mol. The van der Waals surface area contributed by atoms with E-state index in [4.69, 9.17) is 0 Å². The van der Waals surface area contributed by atoms with Crippen LogP contribution in [0.5, 0.6) is 0 Å². The fraction of sp³-hybridized carbons (Fsp3) is 0.367. The molecule has 1 atom stereocenters. The van der Waals surface area contributed by atoms with Gasteiger partial charge in [-0.1, -0.05) is 37.6 Å². The van der Waals surface area contributed by atoms with Crippen molar-refractivity contribution in [1.82, 2.24) is 9.97 Å². The van der Waals surface area contributed by atoms with Crippen molar-refractivity contribution in [2.45, 2.75) is 72.1 Å². The topological polar surface area (TPSA) is 60.9 Å².